The first-order valence-electron chi connectivity index (χ1n) is 6.98. The molecule has 21 heavy (non-hydrogen) atoms. The molecule has 1 heterocycles. The molecule has 0 fully saturated rings. The highest BCUT2D eigenvalue weighted by atomic mass is 32.2. The van der Waals surface area contributed by atoms with E-state index in [2.05, 4.69) is 28.6 Å². The number of benzene rings is 1. The number of aromatic nitrogens is 1. The number of pyridine rings is 1. The second-order valence-electron chi connectivity index (χ2n) is 5.06. The first-order valence-corrected chi connectivity index (χ1v) is 7.96. The average molecular weight is 299 g/mol. The SMILES string of the molecule is NNC(=O)c1cccc(CSc2ccc3c(c2)CCC3)n1. The van der Waals surface area contributed by atoms with Crippen LogP contribution in [0.4, 0.5) is 0 Å². The third kappa shape index (κ3) is 3.25. The Bertz CT molecular complexity index is 672. The summed E-state index contributed by atoms with van der Waals surface area (Å²) in [5, 5.41) is 0. The predicted molar refractivity (Wildman–Crippen MR) is 83.9 cm³/mol. The van der Waals surface area contributed by atoms with Gasteiger partial charge in [-0.25, -0.2) is 10.8 Å². The van der Waals surface area contributed by atoms with Gasteiger partial charge in [-0.1, -0.05) is 12.1 Å². The molecule has 108 valence electrons. The Morgan fingerprint density at radius 3 is 2.95 bits per heavy atom. The van der Waals surface area contributed by atoms with Gasteiger partial charge in [0.1, 0.15) is 5.69 Å². The van der Waals surface area contributed by atoms with Crippen LogP contribution >= 0.6 is 11.8 Å². The lowest BCUT2D eigenvalue weighted by atomic mass is 10.1. The zero-order valence-electron chi connectivity index (χ0n) is 11.6. The van der Waals surface area contributed by atoms with Gasteiger partial charge in [0.05, 0.1) is 5.69 Å². The molecular weight excluding hydrogens is 282 g/mol. The molecule has 1 aliphatic carbocycles. The van der Waals surface area contributed by atoms with Crippen LogP contribution in [0.2, 0.25) is 0 Å². The van der Waals surface area contributed by atoms with Crippen molar-refractivity contribution < 1.29 is 4.79 Å². The van der Waals surface area contributed by atoms with E-state index < -0.39 is 0 Å². The van der Waals surface area contributed by atoms with Crippen LogP contribution in [0.25, 0.3) is 0 Å². The lowest BCUT2D eigenvalue weighted by Gasteiger charge is -2.06. The number of amides is 1. The van der Waals surface area contributed by atoms with Gasteiger partial charge in [0.25, 0.3) is 5.91 Å². The van der Waals surface area contributed by atoms with Crippen LogP contribution in [0.3, 0.4) is 0 Å². The predicted octanol–water partition coefficient (Wildman–Crippen LogP) is 2.47. The fourth-order valence-electron chi connectivity index (χ4n) is 2.56. The van der Waals surface area contributed by atoms with Crippen molar-refractivity contribution in [2.45, 2.75) is 29.9 Å². The Balaban J connectivity index is 1.69. The van der Waals surface area contributed by atoms with Gasteiger partial charge in [-0.2, -0.15) is 0 Å². The van der Waals surface area contributed by atoms with Crippen molar-refractivity contribution >= 4 is 17.7 Å². The molecule has 2 aromatic rings. The third-order valence-electron chi connectivity index (χ3n) is 3.63. The van der Waals surface area contributed by atoms with E-state index in [1.807, 2.05) is 12.1 Å². The largest absolute Gasteiger partial charge is 0.289 e. The van der Waals surface area contributed by atoms with Gasteiger partial charge in [-0.05, 0) is 54.7 Å². The first kappa shape index (κ1) is 14.1. The summed E-state index contributed by atoms with van der Waals surface area (Å²) in [6.07, 6.45) is 3.66. The number of carbonyl (C=O) groups excluding carboxylic acids is 1. The molecule has 0 saturated heterocycles. The lowest BCUT2D eigenvalue weighted by Crippen LogP contribution is -2.30. The summed E-state index contributed by atoms with van der Waals surface area (Å²) in [4.78, 5) is 17.0. The van der Waals surface area contributed by atoms with Crippen molar-refractivity contribution in [1.82, 2.24) is 10.4 Å². The Morgan fingerprint density at radius 1 is 1.24 bits per heavy atom. The molecule has 0 unspecified atom stereocenters. The number of nitrogens with one attached hydrogen (secondary N) is 1. The van der Waals surface area contributed by atoms with E-state index in [-0.39, 0.29) is 5.91 Å². The normalized spacial score (nSPS) is 13.0. The highest BCUT2D eigenvalue weighted by Gasteiger charge is 2.11. The molecule has 1 aromatic carbocycles. The van der Waals surface area contributed by atoms with Crippen molar-refractivity contribution in [3.63, 3.8) is 0 Å². The van der Waals surface area contributed by atoms with Crippen molar-refractivity contribution in [2.75, 3.05) is 0 Å². The fourth-order valence-corrected chi connectivity index (χ4v) is 3.42. The maximum atomic E-state index is 11.5. The van der Waals surface area contributed by atoms with Crippen LogP contribution < -0.4 is 11.3 Å². The Labute approximate surface area is 128 Å². The topological polar surface area (TPSA) is 68.0 Å². The van der Waals surface area contributed by atoms with E-state index in [0.717, 1.165) is 11.4 Å². The minimum absolute atomic E-state index is 0.351. The number of aryl methyl sites for hydroxylation is 2. The molecule has 1 aromatic heterocycles. The van der Waals surface area contributed by atoms with Crippen LogP contribution in [0.15, 0.2) is 41.3 Å². The summed E-state index contributed by atoms with van der Waals surface area (Å²) in [6.45, 7) is 0. The molecule has 3 N–H and O–H groups in total. The Kier molecular flexibility index (Phi) is 4.22. The average Bonchev–Trinajstić information content (AvgIpc) is 3.00. The summed E-state index contributed by atoms with van der Waals surface area (Å²) >= 11 is 1.74. The number of carbonyl (C=O) groups is 1. The number of hydrogen-bond donors (Lipinski definition) is 2. The Hall–Kier alpha value is -1.85. The molecule has 0 atom stereocenters. The third-order valence-corrected chi connectivity index (χ3v) is 4.65. The standard InChI is InChI=1S/C16H17N3OS/c17-19-16(20)15-6-2-5-13(18-15)10-21-14-8-7-11-3-1-4-12(11)9-14/h2,5-9H,1,3-4,10,17H2,(H,19,20). The molecule has 0 aliphatic heterocycles. The fraction of sp³-hybridized carbons (Fsp3) is 0.250. The quantitative estimate of drug-likeness (QED) is 0.394. The summed E-state index contributed by atoms with van der Waals surface area (Å²) < 4.78 is 0. The number of nitrogens with two attached hydrogens (primary N) is 1. The summed E-state index contributed by atoms with van der Waals surface area (Å²) in [7, 11) is 0. The summed E-state index contributed by atoms with van der Waals surface area (Å²) in [6, 6.07) is 12.1. The maximum Gasteiger partial charge on any atom is 0.283 e. The van der Waals surface area contributed by atoms with Crippen LogP contribution in [0.1, 0.15) is 33.7 Å². The zero-order valence-corrected chi connectivity index (χ0v) is 12.5. The summed E-state index contributed by atoms with van der Waals surface area (Å²) in [5.41, 5.74) is 6.29. The van der Waals surface area contributed by atoms with Crippen molar-refractivity contribution in [3.8, 4) is 0 Å². The van der Waals surface area contributed by atoms with Crippen LogP contribution in [0.5, 0.6) is 0 Å². The number of nitrogen functional groups attached to an aromatic ring is 1. The van der Waals surface area contributed by atoms with Crippen LogP contribution in [-0.2, 0) is 18.6 Å². The molecule has 0 spiro atoms. The lowest BCUT2D eigenvalue weighted by molar-refractivity contribution is 0.0948. The van der Waals surface area contributed by atoms with Gasteiger partial charge in [-0.3, -0.25) is 10.2 Å². The van der Waals surface area contributed by atoms with Crippen molar-refractivity contribution in [1.29, 1.82) is 0 Å². The van der Waals surface area contributed by atoms with Crippen molar-refractivity contribution in [3.05, 3.63) is 58.9 Å². The monoisotopic (exact) mass is 299 g/mol. The van der Waals surface area contributed by atoms with Crippen molar-refractivity contribution in [2.24, 2.45) is 5.84 Å². The zero-order chi connectivity index (χ0) is 14.7. The Morgan fingerprint density at radius 2 is 2.10 bits per heavy atom. The van der Waals surface area contributed by atoms with E-state index in [1.165, 1.54) is 35.3 Å². The highest BCUT2D eigenvalue weighted by molar-refractivity contribution is 7.98. The molecular formula is C16H17N3OS. The number of hydrazine groups is 1. The smallest absolute Gasteiger partial charge is 0.283 e. The molecule has 0 bridgehead atoms. The minimum Gasteiger partial charge on any atom is -0.289 e. The minimum atomic E-state index is -0.362. The van der Waals surface area contributed by atoms with Gasteiger partial charge in [0.15, 0.2) is 0 Å². The van der Waals surface area contributed by atoms with E-state index in [9.17, 15) is 4.79 Å². The van der Waals surface area contributed by atoms with E-state index >= 15 is 0 Å². The highest BCUT2D eigenvalue weighted by Crippen LogP contribution is 2.29. The maximum absolute atomic E-state index is 11.5. The molecule has 5 heteroatoms. The second kappa shape index (κ2) is 6.28. The second-order valence-corrected chi connectivity index (χ2v) is 6.11. The van der Waals surface area contributed by atoms with Crippen LogP contribution in [0, 0.1) is 0 Å². The molecule has 0 radical (unpaired) electrons. The van der Waals surface area contributed by atoms with Gasteiger partial charge in [-0.15, -0.1) is 11.8 Å². The molecule has 4 nitrogen and oxygen atoms in total. The van der Waals surface area contributed by atoms with Gasteiger partial charge >= 0.3 is 0 Å². The number of thioether (sulfide) groups is 1. The number of hydrogen-bond acceptors (Lipinski definition) is 4. The van der Waals surface area contributed by atoms with E-state index in [0.29, 0.717) is 5.69 Å². The first-order chi connectivity index (χ1) is 10.3. The molecule has 1 aliphatic rings. The van der Waals surface area contributed by atoms with Crippen LogP contribution in [-0.4, -0.2) is 10.9 Å². The van der Waals surface area contributed by atoms with Gasteiger partial charge in [0.2, 0.25) is 0 Å². The van der Waals surface area contributed by atoms with E-state index in [1.54, 1.807) is 17.8 Å². The molecule has 0 saturated carbocycles. The van der Waals surface area contributed by atoms with Gasteiger partial charge < -0.3 is 0 Å². The van der Waals surface area contributed by atoms with Gasteiger partial charge in [0, 0.05) is 10.6 Å². The number of nitrogens with zero attached hydrogens (tertiary/aromatic N) is 1. The number of fused-ring (bicyclic) bond motifs is 1. The summed E-state index contributed by atoms with van der Waals surface area (Å²) in [5.74, 6) is 5.51. The molecule has 1 amide bonds. The van der Waals surface area contributed by atoms with E-state index in [4.69, 9.17) is 5.84 Å². The number of rotatable bonds is 4. The molecule has 3 rings (SSSR count).